The summed E-state index contributed by atoms with van der Waals surface area (Å²) in [7, 11) is 0. The second-order valence-electron chi connectivity index (χ2n) is 10.5. The zero-order valence-electron chi connectivity index (χ0n) is 23.5. The lowest BCUT2D eigenvalue weighted by molar-refractivity contribution is 0.412. The average molecular weight is 770 g/mol. The van der Waals surface area contributed by atoms with Crippen molar-refractivity contribution < 1.29 is 92.2 Å². The number of hydrogen-bond acceptors (Lipinski definition) is 0. The summed E-state index contributed by atoms with van der Waals surface area (Å²) in [6.45, 7) is -4.40. The van der Waals surface area contributed by atoms with Gasteiger partial charge in [0.05, 0.1) is 32.3 Å². The van der Waals surface area contributed by atoms with Gasteiger partial charge in [-0.1, -0.05) is 0 Å². The number of hydrogen-bond donors (Lipinski definition) is 0. The van der Waals surface area contributed by atoms with E-state index in [0.29, 0.717) is 0 Å². The maximum absolute atomic E-state index is 16.1. The van der Waals surface area contributed by atoms with Crippen LogP contribution in [0, 0.1) is 122 Å². The van der Waals surface area contributed by atoms with E-state index in [9.17, 15) is 52.7 Å². The Hall–Kier alpha value is -5.31. The van der Waals surface area contributed by atoms with Gasteiger partial charge in [0, 0.05) is 16.4 Å². The molecule has 6 aromatic carbocycles. The second-order valence-corrected chi connectivity index (χ2v) is 10.5. The van der Waals surface area contributed by atoms with Gasteiger partial charge < -0.3 is 0 Å². The molecule has 0 radical (unpaired) electrons. The van der Waals surface area contributed by atoms with Crippen LogP contribution in [-0.4, -0.2) is 6.71 Å². The number of fused-ring (bicyclic) bond motifs is 3. The third kappa shape index (κ3) is 4.44. The van der Waals surface area contributed by atoms with E-state index < -0.39 is 178 Å². The van der Waals surface area contributed by atoms with Crippen molar-refractivity contribution in [2.75, 3.05) is 0 Å². The minimum absolute atomic E-state index is 2.54. The standard InChI is InChI=1S/C30BF21/c32-10-1-4(19(41)28(50)25(47)16(1)38)13(35)22(44)7(10)31(8-11(33)2-5(14(36)23(8)45)20(42)29(51)26(48)17(2)39)9-12(34)3-6(15(37)24(9)46)21(43)30(52)27(49)18(3)40. The second kappa shape index (κ2) is 11.9. The zero-order chi connectivity index (χ0) is 38.9. The summed E-state index contributed by atoms with van der Waals surface area (Å²) in [4.78, 5) is 0. The van der Waals surface area contributed by atoms with E-state index in [0.717, 1.165) is 0 Å². The molecule has 0 aliphatic rings. The van der Waals surface area contributed by atoms with Gasteiger partial charge in [-0.05, 0) is 0 Å². The molecule has 0 amide bonds. The van der Waals surface area contributed by atoms with Crippen LogP contribution in [-0.2, 0) is 0 Å². The van der Waals surface area contributed by atoms with Gasteiger partial charge in [0.2, 0.25) is 0 Å². The van der Waals surface area contributed by atoms with Crippen molar-refractivity contribution in [1.82, 2.24) is 0 Å². The van der Waals surface area contributed by atoms with Crippen molar-refractivity contribution in [3.63, 3.8) is 0 Å². The van der Waals surface area contributed by atoms with Crippen LogP contribution in [0.4, 0.5) is 92.2 Å². The van der Waals surface area contributed by atoms with Crippen molar-refractivity contribution in [1.29, 1.82) is 0 Å². The van der Waals surface area contributed by atoms with Crippen LogP contribution < -0.4 is 16.4 Å². The van der Waals surface area contributed by atoms with E-state index in [2.05, 4.69) is 0 Å². The molecule has 0 bridgehead atoms. The van der Waals surface area contributed by atoms with Crippen LogP contribution in [0.5, 0.6) is 0 Å². The van der Waals surface area contributed by atoms with E-state index >= 15 is 39.5 Å². The summed E-state index contributed by atoms with van der Waals surface area (Å²) in [6.07, 6.45) is 0. The predicted molar refractivity (Wildman–Crippen MR) is 136 cm³/mol. The fraction of sp³-hybridized carbons (Fsp3) is 0. The number of halogens is 21. The molecule has 0 nitrogen and oxygen atoms in total. The SMILES string of the molecule is Fc1c(F)c(F)c2c(F)c(B(c3c(F)c(F)c4c(F)c(F)c(F)c(F)c4c3F)c3c(F)c(F)c4c(F)c(F)c(F)c(F)c4c3F)c(F)c(F)c2c1F. The Morgan fingerprint density at radius 2 is 0.288 bits per heavy atom. The number of rotatable bonds is 3. The Morgan fingerprint density at radius 1 is 0.154 bits per heavy atom. The lowest BCUT2D eigenvalue weighted by Gasteiger charge is -2.23. The smallest absolute Gasteiger partial charge is 0.207 e. The van der Waals surface area contributed by atoms with Gasteiger partial charge in [-0.25, -0.2) is 92.2 Å². The minimum atomic E-state index is -4.40. The molecular formula is C30BF21. The maximum atomic E-state index is 16.1. The highest BCUT2D eigenvalue weighted by molar-refractivity contribution is 6.96. The first-order valence-corrected chi connectivity index (χ1v) is 13.1. The van der Waals surface area contributed by atoms with Crippen LogP contribution in [0.1, 0.15) is 0 Å². The first kappa shape index (κ1) is 36.5. The van der Waals surface area contributed by atoms with E-state index in [1.54, 1.807) is 0 Å². The molecular weight excluding hydrogens is 770 g/mol. The highest BCUT2D eigenvalue weighted by atomic mass is 19.2. The Kier molecular flexibility index (Phi) is 8.33. The quantitative estimate of drug-likeness (QED) is 0.0733. The highest BCUT2D eigenvalue weighted by Gasteiger charge is 2.45. The van der Waals surface area contributed by atoms with Crippen molar-refractivity contribution in [3.8, 4) is 0 Å². The van der Waals surface area contributed by atoms with Crippen molar-refractivity contribution in [2.24, 2.45) is 0 Å². The normalized spacial score (nSPS) is 11.9. The van der Waals surface area contributed by atoms with Gasteiger partial charge in [-0.2, -0.15) is 0 Å². The third-order valence-electron chi connectivity index (χ3n) is 7.98. The molecule has 0 heterocycles. The highest BCUT2D eigenvalue weighted by Crippen LogP contribution is 2.36. The molecule has 0 aliphatic heterocycles. The molecule has 6 rings (SSSR count). The summed E-state index contributed by atoms with van der Waals surface area (Å²) in [6, 6.07) is 0. The van der Waals surface area contributed by atoms with Gasteiger partial charge in [0.1, 0.15) is 17.5 Å². The molecule has 0 unspecified atom stereocenters. The lowest BCUT2D eigenvalue weighted by atomic mass is 9.35. The van der Waals surface area contributed by atoms with Gasteiger partial charge in [0.25, 0.3) is 6.71 Å². The first-order chi connectivity index (χ1) is 24.1. The minimum Gasteiger partial charge on any atom is -0.207 e. The molecule has 6 aromatic rings. The van der Waals surface area contributed by atoms with Crippen LogP contribution in [0.15, 0.2) is 0 Å². The molecule has 0 N–H and O–H groups in total. The fourth-order valence-corrected chi connectivity index (χ4v) is 5.70. The molecule has 0 saturated heterocycles. The van der Waals surface area contributed by atoms with Crippen molar-refractivity contribution in [2.45, 2.75) is 0 Å². The third-order valence-corrected chi connectivity index (χ3v) is 7.98. The summed E-state index contributed by atoms with van der Waals surface area (Å²) in [5, 5.41) is -15.6. The van der Waals surface area contributed by atoms with Gasteiger partial charge in [0.15, 0.2) is 105 Å². The average Bonchev–Trinajstić information content (AvgIpc) is 3.10. The van der Waals surface area contributed by atoms with Crippen LogP contribution in [0.25, 0.3) is 32.3 Å². The molecule has 0 spiro atoms. The van der Waals surface area contributed by atoms with E-state index in [-0.39, 0.29) is 0 Å². The maximum Gasteiger partial charge on any atom is 0.264 e. The van der Waals surface area contributed by atoms with E-state index in [4.69, 9.17) is 0 Å². The topological polar surface area (TPSA) is 0 Å². The van der Waals surface area contributed by atoms with Gasteiger partial charge in [-0.15, -0.1) is 0 Å². The van der Waals surface area contributed by atoms with Crippen LogP contribution >= 0.6 is 0 Å². The van der Waals surface area contributed by atoms with Gasteiger partial charge >= 0.3 is 0 Å². The summed E-state index contributed by atoms with van der Waals surface area (Å²) in [5.41, 5.74) is -8.89. The van der Waals surface area contributed by atoms with Crippen molar-refractivity contribution in [3.05, 3.63) is 122 Å². The first-order valence-electron chi connectivity index (χ1n) is 13.1. The van der Waals surface area contributed by atoms with E-state index in [1.807, 2.05) is 0 Å². The Labute approximate surface area is 270 Å². The van der Waals surface area contributed by atoms with Crippen LogP contribution in [0.2, 0.25) is 0 Å². The Bertz CT molecular complexity index is 2360. The molecule has 52 heavy (non-hydrogen) atoms. The summed E-state index contributed by atoms with van der Waals surface area (Å²) >= 11 is 0. The zero-order valence-corrected chi connectivity index (χ0v) is 23.5. The largest absolute Gasteiger partial charge is 0.264 e. The molecule has 0 saturated carbocycles. The van der Waals surface area contributed by atoms with Crippen molar-refractivity contribution >= 4 is 55.4 Å². The van der Waals surface area contributed by atoms with E-state index in [1.165, 1.54) is 0 Å². The Balaban J connectivity index is 1.97. The van der Waals surface area contributed by atoms with Gasteiger partial charge in [-0.3, -0.25) is 0 Å². The molecule has 0 aliphatic carbocycles. The van der Waals surface area contributed by atoms with Crippen LogP contribution in [0.3, 0.4) is 0 Å². The monoisotopic (exact) mass is 770 g/mol. The molecule has 270 valence electrons. The summed E-state index contributed by atoms with van der Waals surface area (Å²) < 4.78 is 313. The lowest BCUT2D eigenvalue weighted by Crippen LogP contribution is -2.60. The fourth-order valence-electron chi connectivity index (χ4n) is 5.70. The molecule has 22 heteroatoms. The molecule has 0 fully saturated rings. The number of benzene rings is 6. The molecule has 0 aromatic heterocycles. The summed E-state index contributed by atoms with van der Waals surface area (Å²) in [5.74, 6) is -65.2. The predicted octanol–water partition coefficient (Wildman–Crippen LogP) is 8.58. The molecule has 0 atom stereocenters. The Morgan fingerprint density at radius 3 is 0.462 bits per heavy atom.